The van der Waals surface area contributed by atoms with Crippen molar-refractivity contribution >= 4 is 0 Å². The van der Waals surface area contributed by atoms with Gasteiger partial charge in [-0.2, -0.15) is 0 Å². The maximum atomic E-state index is 5.94. The molecule has 0 saturated carbocycles. The van der Waals surface area contributed by atoms with E-state index in [1.165, 1.54) is 11.1 Å². The summed E-state index contributed by atoms with van der Waals surface area (Å²) in [4.78, 5) is 0. The molecule has 2 rings (SSSR count). The van der Waals surface area contributed by atoms with Crippen LogP contribution in [0.5, 0.6) is 11.5 Å². The molecule has 0 aromatic heterocycles. The van der Waals surface area contributed by atoms with Crippen molar-refractivity contribution in [3.8, 4) is 11.5 Å². The molecule has 2 N–H and O–H groups in total. The predicted octanol–water partition coefficient (Wildman–Crippen LogP) is 4.76. The van der Waals surface area contributed by atoms with E-state index >= 15 is 0 Å². The molecule has 0 bridgehead atoms. The highest BCUT2D eigenvalue weighted by Gasteiger charge is 2.06. The molecule has 0 aliphatic heterocycles. The summed E-state index contributed by atoms with van der Waals surface area (Å²) in [5.41, 5.74) is 9.36. The van der Waals surface area contributed by atoms with Crippen molar-refractivity contribution in [2.45, 2.75) is 39.7 Å². The fraction of sp³-hybridized carbons (Fsp3) is 0.333. The highest BCUT2D eigenvalue weighted by atomic mass is 16.5. The molecule has 2 nitrogen and oxygen atoms in total. The number of nitrogens with two attached hydrogens (primary N) is 1. The Bertz CT molecular complexity index is 560. The zero-order valence-corrected chi connectivity index (χ0v) is 12.5. The zero-order valence-electron chi connectivity index (χ0n) is 12.5. The van der Waals surface area contributed by atoms with Gasteiger partial charge in [0, 0.05) is 12.1 Å². The second-order valence-electron chi connectivity index (χ2n) is 5.30. The quantitative estimate of drug-likeness (QED) is 0.849. The van der Waals surface area contributed by atoms with Gasteiger partial charge in [-0.1, -0.05) is 43.7 Å². The number of hydrogen-bond donors (Lipinski definition) is 1. The minimum atomic E-state index is 0.488. The lowest BCUT2D eigenvalue weighted by Crippen LogP contribution is -2.00. The maximum absolute atomic E-state index is 5.94. The van der Waals surface area contributed by atoms with Gasteiger partial charge in [0.2, 0.25) is 0 Å². The van der Waals surface area contributed by atoms with Gasteiger partial charge in [0.15, 0.2) is 0 Å². The van der Waals surface area contributed by atoms with Crippen molar-refractivity contribution in [2.75, 3.05) is 0 Å². The number of ether oxygens (including phenoxy) is 1. The summed E-state index contributed by atoms with van der Waals surface area (Å²) in [5.74, 6) is 2.29. The van der Waals surface area contributed by atoms with Gasteiger partial charge in [-0.15, -0.1) is 0 Å². The summed E-state index contributed by atoms with van der Waals surface area (Å²) in [6.07, 6.45) is 1.15. The molecule has 0 radical (unpaired) electrons. The van der Waals surface area contributed by atoms with Gasteiger partial charge in [0.1, 0.15) is 11.5 Å². The van der Waals surface area contributed by atoms with E-state index in [4.69, 9.17) is 10.5 Å². The van der Waals surface area contributed by atoms with Crippen LogP contribution in [0.25, 0.3) is 0 Å². The number of hydrogen-bond acceptors (Lipinski definition) is 2. The Morgan fingerprint density at radius 3 is 2.40 bits per heavy atom. The average Bonchev–Trinajstić information content (AvgIpc) is 2.49. The van der Waals surface area contributed by atoms with E-state index in [1.807, 2.05) is 24.3 Å². The number of rotatable bonds is 5. The summed E-state index contributed by atoms with van der Waals surface area (Å²) in [6.45, 7) is 6.99. The van der Waals surface area contributed by atoms with Crippen molar-refractivity contribution in [1.29, 1.82) is 0 Å². The molecule has 0 aliphatic rings. The molecule has 2 aromatic rings. The van der Waals surface area contributed by atoms with Gasteiger partial charge in [-0.05, 0) is 43.0 Å². The molecule has 0 spiro atoms. The van der Waals surface area contributed by atoms with Crippen LogP contribution < -0.4 is 10.5 Å². The van der Waals surface area contributed by atoms with E-state index < -0.39 is 0 Å². The first-order valence-electron chi connectivity index (χ1n) is 7.21. The fourth-order valence-electron chi connectivity index (χ4n) is 2.19. The highest BCUT2D eigenvalue weighted by Crippen LogP contribution is 2.28. The first kappa shape index (κ1) is 14.6. The van der Waals surface area contributed by atoms with Crippen LogP contribution in [-0.4, -0.2) is 0 Å². The molecule has 0 fully saturated rings. The molecule has 0 aliphatic carbocycles. The molecule has 20 heavy (non-hydrogen) atoms. The Morgan fingerprint density at radius 1 is 1.10 bits per heavy atom. The van der Waals surface area contributed by atoms with Crippen LogP contribution in [0, 0.1) is 6.92 Å². The zero-order chi connectivity index (χ0) is 14.5. The second-order valence-corrected chi connectivity index (χ2v) is 5.30. The predicted molar refractivity (Wildman–Crippen MR) is 84.3 cm³/mol. The Morgan fingerprint density at radius 2 is 1.80 bits per heavy atom. The van der Waals surface area contributed by atoms with E-state index in [2.05, 4.69) is 39.0 Å². The maximum Gasteiger partial charge on any atom is 0.131 e. The molecule has 106 valence electrons. The van der Waals surface area contributed by atoms with E-state index in [-0.39, 0.29) is 0 Å². The van der Waals surface area contributed by atoms with Crippen LogP contribution in [0.1, 0.15) is 42.9 Å². The molecule has 0 amide bonds. The van der Waals surface area contributed by atoms with Crippen LogP contribution in [0.2, 0.25) is 0 Å². The summed E-state index contributed by atoms with van der Waals surface area (Å²) in [6, 6.07) is 14.4. The topological polar surface area (TPSA) is 35.2 Å². The third-order valence-corrected chi connectivity index (χ3v) is 3.73. The Kier molecular flexibility index (Phi) is 4.80. The minimum absolute atomic E-state index is 0.488. The van der Waals surface area contributed by atoms with Gasteiger partial charge >= 0.3 is 0 Å². The number of benzene rings is 2. The van der Waals surface area contributed by atoms with Gasteiger partial charge in [0.05, 0.1) is 0 Å². The van der Waals surface area contributed by atoms with Gasteiger partial charge in [-0.25, -0.2) is 0 Å². The molecule has 0 saturated heterocycles. The summed E-state index contributed by atoms with van der Waals surface area (Å²) in [5, 5.41) is 0. The van der Waals surface area contributed by atoms with Gasteiger partial charge < -0.3 is 10.5 Å². The Labute approximate surface area is 121 Å². The minimum Gasteiger partial charge on any atom is -0.457 e. The summed E-state index contributed by atoms with van der Waals surface area (Å²) < 4.78 is 5.94. The van der Waals surface area contributed by atoms with E-state index in [0.717, 1.165) is 23.5 Å². The SMILES string of the molecule is CCC(C)c1ccc(Oc2ccc(C)cc2CN)cc1. The van der Waals surface area contributed by atoms with Crippen molar-refractivity contribution in [3.63, 3.8) is 0 Å². The molecule has 2 aromatic carbocycles. The molecule has 1 atom stereocenters. The van der Waals surface area contributed by atoms with Crippen LogP contribution in [0.4, 0.5) is 0 Å². The molecular formula is C18H23NO. The molecule has 0 heterocycles. The molecule has 2 heteroatoms. The lowest BCUT2D eigenvalue weighted by Gasteiger charge is -2.13. The second kappa shape index (κ2) is 6.58. The molecular weight excluding hydrogens is 246 g/mol. The smallest absolute Gasteiger partial charge is 0.131 e. The van der Waals surface area contributed by atoms with Crippen LogP contribution in [0.15, 0.2) is 42.5 Å². The Hall–Kier alpha value is -1.80. The van der Waals surface area contributed by atoms with Crippen molar-refractivity contribution in [3.05, 3.63) is 59.2 Å². The lowest BCUT2D eigenvalue weighted by molar-refractivity contribution is 0.476. The lowest BCUT2D eigenvalue weighted by atomic mass is 9.99. The number of aryl methyl sites for hydroxylation is 1. The van der Waals surface area contributed by atoms with E-state index in [0.29, 0.717) is 12.5 Å². The third-order valence-electron chi connectivity index (χ3n) is 3.73. The third kappa shape index (κ3) is 3.40. The first-order valence-corrected chi connectivity index (χ1v) is 7.21. The summed E-state index contributed by atoms with van der Waals surface area (Å²) in [7, 11) is 0. The van der Waals surface area contributed by atoms with Crippen LogP contribution in [0.3, 0.4) is 0 Å². The molecule has 1 unspecified atom stereocenters. The van der Waals surface area contributed by atoms with Crippen molar-refractivity contribution in [2.24, 2.45) is 5.73 Å². The fourth-order valence-corrected chi connectivity index (χ4v) is 2.19. The standard InChI is InChI=1S/C18H23NO/c1-4-14(3)15-6-8-17(9-7-15)20-18-10-5-13(2)11-16(18)12-19/h5-11,14H,4,12,19H2,1-3H3. The van der Waals surface area contributed by atoms with E-state index in [1.54, 1.807) is 0 Å². The van der Waals surface area contributed by atoms with E-state index in [9.17, 15) is 0 Å². The summed E-state index contributed by atoms with van der Waals surface area (Å²) >= 11 is 0. The highest BCUT2D eigenvalue weighted by molar-refractivity contribution is 5.40. The van der Waals surface area contributed by atoms with Gasteiger partial charge in [-0.3, -0.25) is 0 Å². The monoisotopic (exact) mass is 269 g/mol. The largest absolute Gasteiger partial charge is 0.457 e. The first-order chi connectivity index (χ1) is 9.63. The average molecular weight is 269 g/mol. The van der Waals surface area contributed by atoms with Crippen LogP contribution >= 0.6 is 0 Å². The van der Waals surface area contributed by atoms with Crippen molar-refractivity contribution < 1.29 is 4.74 Å². The van der Waals surface area contributed by atoms with Crippen molar-refractivity contribution in [1.82, 2.24) is 0 Å². The van der Waals surface area contributed by atoms with Gasteiger partial charge in [0.25, 0.3) is 0 Å². The normalized spacial score (nSPS) is 12.2. The Balaban J connectivity index is 2.18. The van der Waals surface area contributed by atoms with Crippen LogP contribution in [-0.2, 0) is 6.54 Å².